The second-order valence-corrected chi connectivity index (χ2v) is 16.1. The van der Waals surface area contributed by atoms with Gasteiger partial charge in [-0.15, -0.1) is 0 Å². The maximum atomic E-state index is 14.9. The van der Waals surface area contributed by atoms with E-state index in [2.05, 4.69) is 5.32 Å². The Morgan fingerprint density at radius 3 is 2.30 bits per heavy atom. The zero-order chi connectivity index (χ0) is 39.4. The van der Waals surface area contributed by atoms with Crippen molar-refractivity contribution >= 4 is 0 Å². The molecule has 18 heteroatoms. The number of hydrogen-bond acceptors (Lipinski definition) is 12. The van der Waals surface area contributed by atoms with Gasteiger partial charge in [-0.25, -0.2) is 14.7 Å². The maximum absolute atomic E-state index is 14.9. The number of halogens is 6. The number of allylic oxidation sites excluding steroid dienone is 1. The topological polar surface area (TPSA) is 169 Å². The molecular formula is C35H57F6N3O9. The minimum Gasteiger partial charge on any atom is -0.456 e. The van der Waals surface area contributed by atoms with Crippen LogP contribution in [0.25, 0.3) is 0 Å². The summed E-state index contributed by atoms with van der Waals surface area (Å²) in [4.78, 5) is 16.4. The number of fused-ring (bicyclic) bond motifs is 1. The van der Waals surface area contributed by atoms with Gasteiger partial charge in [-0.3, -0.25) is 5.26 Å². The van der Waals surface area contributed by atoms with Crippen molar-refractivity contribution in [2.45, 2.75) is 152 Å². The van der Waals surface area contributed by atoms with Crippen molar-refractivity contribution in [2.24, 2.45) is 41.1 Å². The Bertz CT molecular complexity index is 1330. The summed E-state index contributed by atoms with van der Waals surface area (Å²) in [6.07, 6.45) is -10.3. The van der Waals surface area contributed by atoms with Crippen LogP contribution < -0.4 is 16.8 Å². The molecule has 0 radical (unpaired) electrons. The van der Waals surface area contributed by atoms with E-state index in [0.29, 0.717) is 38.5 Å². The molecule has 308 valence electrons. The van der Waals surface area contributed by atoms with Crippen molar-refractivity contribution in [3.05, 3.63) is 11.3 Å². The minimum atomic E-state index is -5.39. The quantitative estimate of drug-likeness (QED) is 0.0594. The standard InChI is InChI=1S/C35H57F6N3O9/c1-7-8-25-20(3)12-14-30(43)26(27(34(36,37)38)50-28-32(25,30)53-51-23(6)49-28)17-44-15-16-48-33(45,35(39,40)41)22(5)29(42)13-11-19(2)24-10-9-21(4)47-18-31(24,29)52-46/h19-25,28,44-46H,7-18,42-43H2,1-6H3/t19-,20-,21+,22-,23?,24?,25?,28+,29-,30-,31-,32+,33+/m1/s1. The van der Waals surface area contributed by atoms with E-state index >= 15 is 0 Å². The predicted molar refractivity (Wildman–Crippen MR) is 176 cm³/mol. The summed E-state index contributed by atoms with van der Waals surface area (Å²) < 4.78 is 111. The molecule has 3 aliphatic heterocycles. The van der Waals surface area contributed by atoms with Crippen molar-refractivity contribution in [3.8, 4) is 0 Å². The first-order valence-corrected chi connectivity index (χ1v) is 18.7. The molecular weight excluding hydrogens is 720 g/mol. The van der Waals surface area contributed by atoms with E-state index < -0.39 is 102 Å². The first-order chi connectivity index (χ1) is 24.6. The lowest BCUT2D eigenvalue weighted by Crippen LogP contribution is -2.79. The Hall–Kier alpha value is -1.32. The van der Waals surface area contributed by atoms with E-state index in [-0.39, 0.29) is 37.4 Å². The van der Waals surface area contributed by atoms with Gasteiger partial charge in [0.2, 0.25) is 12.0 Å². The highest BCUT2D eigenvalue weighted by molar-refractivity contribution is 5.38. The fourth-order valence-corrected chi connectivity index (χ4v) is 10.0. The average molecular weight is 778 g/mol. The molecule has 1 spiro atoms. The fraction of sp³-hybridized carbons (Fsp3) is 0.943. The summed E-state index contributed by atoms with van der Waals surface area (Å²) in [6.45, 7) is 7.96. The SMILES string of the molecule is CCCC1[C@H](C)CC[C@@]2(N)C(CNCCO[C@@](O)([C@H](C)[C@]3(N)CC[C@@H](C)C4CC[C@H](C)OC[C@@]43OO)C(F)(F)F)=C(C(F)(F)F)O[C@@H]3OC(C)OO[C@@]132. The van der Waals surface area contributed by atoms with Crippen LogP contribution in [0, 0.1) is 29.6 Å². The van der Waals surface area contributed by atoms with Gasteiger partial charge in [-0.05, 0) is 76.5 Å². The molecule has 5 rings (SSSR count). The molecule has 3 unspecified atom stereocenters. The zero-order valence-electron chi connectivity index (χ0n) is 31.3. The highest BCUT2D eigenvalue weighted by atomic mass is 19.4. The van der Waals surface area contributed by atoms with Crippen molar-refractivity contribution in [1.82, 2.24) is 5.32 Å². The van der Waals surface area contributed by atoms with Gasteiger partial charge < -0.3 is 40.8 Å². The molecule has 0 bridgehead atoms. The molecule has 5 aliphatic rings. The van der Waals surface area contributed by atoms with Crippen LogP contribution in [-0.4, -0.2) is 95.8 Å². The molecule has 0 amide bonds. The van der Waals surface area contributed by atoms with Crippen molar-refractivity contribution in [3.63, 3.8) is 0 Å². The van der Waals surface area contributed by atoms with Gasteiger partial charge in [0.15, 0.2) is 11.9 Å². The van der Waals surface area contributed by atoms with Crippen LogP contribution in [0.15, 0.2) is 11.3 Å². The maximum Gasteiger partial charge on any atom is 0.449 e. The number of rotatable bonds is 11. The van der Waals surface area contributed by atoms with Crippen molar-refractivity contribution < 1.29 is 70.3 Å². The van der Waals surface area contributed by atoms with Crippen LogP contribution in [0.4, 0.5) is 26.3 Å². The summed E-state index contributed by atoms with van der Waals surface area (Å²) in [6, 6.07) is 0. The van der Waals surface area contributed by atoms with E-state index in [0.717, 1.165) is 6.92 Å². The predicted octanol–water partition coefficient (Wildman–Crippen LogP) is 5.43. The Kier molecular flexibility index (Phi) is 12.3. The normalized spacial score (nSPS) is 42.8. The van der Waals surface area contributed by atoms with E-state index in [1.54, 1.807) is 6.92 Å². The summed E-state index contributed by atoms with van der Waals surface area (Å²) in [5.41, 5.74) is 6.17. The zero-order valence-corrected chi connectivity index (χ0v) is 31.3. The first-order valence-electron chi connectivity index (χ1n) is 18.7. The fourth-order valence-electron chi connectivity index (χ4n) is 10.0. The largest absolute Gasteiger partial charge is 0.456 e. The Morgan fingerprint density at radius 2 is 1.68 bits per heavy atom. The molecule has 0 aromatic heterocycles. The highest BCUT2D eigenvalue weighted by Gasteiger charge is 2.73. The first kappa shape index (κ1) is 42.8. The lowest BCUT2D eigenvalue weighted by molar-refractivity contribution is -0.536. The van der Waals surface area contributed by atoms with E-state index in [1.165, 1.54) is 6.92 Å². The second-order valence-electron chi connectivity index (χ2n) is 16.1. The van der Waals surface area contributed by atoms with E-state index in [4.69, 9.17) is 45.1 Å². The van der Waals surface area contributed by atoms with Gasteiger partial charge in [0, 0.05) is 30.5 Å². The summed E-state index contributed by atoms with van der Waals surface area (Å²) in [5, 5.41) is 24.5. The van der Waals surface area contributed by atoms with Crippen LogP contribution in [0.3, 0.4) is 0 Å². The summed E-state index contributed by atoms with van der Waals surface area (Å²) in [5.74, 6) is -8.21. The lowest BCUT2D eigenvalue weighted by Gasteiger charge is -2.62. The van der Waals surface area contributed by atoms with Crippen LogP contribution in [0.2, 0.25) is 0 Å². The van der Waals surface area contributed by atoms with Crippen LogP contribution >= 0.6 is 0 Å². The Labute approximate surface area is 306 Å². The summed E-state index contributed by atoms with van der Waals surface area (Å²) in [7, 11) is 0. The smallest absolute Gasteiger partial charge is 0.449 e. The van der Waals surface area contributed by atoms with Crippen LogP contribution in [-0.2, 0) is 33.6 Å². The van der Waals surface area contributed by atoms with E-state index in [9.17, 15) is 36.7 Å². The number of nitrogens with two attached hydrogens (primary N) is 2. The van der Waals surface area contributed by atoms with Gasteiger partial charge in [0.1, 0.15) is 5.60 Å². The molecule has 2 saturated heterocycles. The molecule has 4 fully saturated rings. The monoisotopic (exact) mass is 777 g/mol. The molecule has 0 aromatic rings. The highest BCUT2D eigenvalue weighted by Crippen LogP contribution is 2.59. The molecule has 53 heavy (non-hydrogen) atoms. The molecule has 3 heterocycles. The molecule has 0 aromatic carbocycles. The molecule has 12 nitrogen and oxygen atoms in total. The van der Waals surface area contributed by atoms with Crippen molar-refractivity contribution in [2.75, 3.05) is 26.3 Å². The molecule has 2 aliphatic carbocycles. The van der Waals surface area contributed by atoms with Gasteiger partial charge in [-0.2, -0.15) is 26.3 Å². The van der Waals surface area contributed by atoms with Crippen LogP contribution in [0.1, 0.15) is 92.9 Å². The number of alkyl halides is 6. The average Bonchev–Trinajstić information content (AvgIpc) is 3.26. The number of aliphatic hydroxyl groups is 1. The lowest BCUT2D eigenvalue weighted by atomic mass is 9.54. The Morgan fingerprint density at radius 1 is 1.00 bits per heavy atom. The van der Waals surface area contributed by atoms with Gasteiger partial charge >= 0.3 is 12.4 Å². The van der Waals surface area contributed by atoms with Gasteiger partial charge in [0.25, 0.3) is 5.79 Å². The third kappa shape index (κ3) is 6.93. The van der Waals surface area contributed by atoms with Gasteiger partial charge in [0.05, 0.1) is 30.4 Å². The third-order valence-electron chi connectivity index (χ3n) is 13.2. The summed E-state index contributed by atoms with van der Waals surface area (Å²) >= 11 is 0. The van der Waals surface area contributed by atoms with Gasteiger partial charge in [-0.1, -0.05) is 34.1 Å². The van der Waals surface area contributed by atoms with Crippen molar-refractivity contribution in [1.29, 1.82) is 0 Å². The number of nitrogens with one attached hydrogen (secondary N) is 1. The molecule has 7 N–H and O–H groups in total. The minimum absolute atomic E-state index is 0.0448. The van der Waals surface area contributed by atoms with Crippen LogP contribution in [0.5, 0.6) is 0 Å². The molecule has 13 atom stereocenters. The molecule has 2 saturated carbocycles. The second kappa shape index (κ2) is 15.2. The van der Waals surface area contributed by atoms with E-state index in [1.807, 2.05) is 20.8 Å². The number of hydrogen-bond donors (Lipinski definition) is 5. The third-order valence-corrected chi connectivity index (χ3v) is 13.2. The number of ether oxygens (including phenoxy) is 4. The Balaban J connectivity index is 1.40.